The van der Waals surface area contributed by atoms with Gasteiger partial charge in [0.1, 0.15) is 26.4 Å². The fourth-order valence-corrected chi connectivity index (χ4v) is 15.1. The molecule has 6 aromatic carbocycles. The summed E-state index contributed by atoms with van der Waals surface area (Å²) in [4.78, 5) is 121. The fraction of sp³-hybridized carbons (Fsp3) is 0.0909. The zero-order chi connectivity index (χ0) is 55.6. The summed E-state index contributed by atoms with van der Waals surface area (Å²) < 4.78 is 25.2. The molecule has 0 spiro atoms. The van der Waals surface area contributed by atoms with Gasteiger partial charge in [-0.05, 0) is 57.7 Å². The summed E-state index contributed by atoms with van der Waals surface area (Å²) in [7, 11) is 0. The summed E-state index contributed by atoms with van der Waals surface area (Å²) in [5, 5.41) is 0. The number of ketones is 4. The van der Waals surface area contributed by atoms with Gasteiger partial charge in [-0.25, -0.2) is 0 Å². The number of benzene rings is 6. The van der Waals surface area contributed by atoms with Gasteiger partial charge in [-0.3, -0.25) is 38.4 Å². The van der Waals surface area contributed by atoms with E-state index in [1.807, 2.05) is 0 Å². The van der Waals surface area contributed by atoms with Crippen molar-refractivity contribution in [3.63, 3.8) is 0 Å². The summed E-state index contributed by atoms with van der Waals surface area (Å²) in [5.41, 5.74) is -1.22. The molecule has 0 saturated carbocycles. The van der Waals surface area contributed by atoms with E-state index in [1.54, 1.807) is 194 Å². The Kier molecular flexibility index (Phi) is 12.8. The van der Waals surface area contributed by atoms with Crippen LogP contribution in [-0.4, -0.2) is 47.0 Å². The Labute approximate surface area is 474 Å². The molecule has 0 radical (unpaired) electrons. The van der Waals surface area contributed by atoms with E-state index in [0.29, 0.717) is 62.6 Å². The zero-order valence-corrected chi connectivity index (χ0v) is 44.9. The molecular formula is C66H40O12S3. The van der Waals surface area contributed by atoms with Crippen molar-refractivity contribution in [1.29, 1.82) is 0 Å². The van der Waals surface area contributed by atoms with Gasteiger partial charge in [0.2, 0.25) is 34.0 Å². The molecule has 394 valence electrons. The Hall–Kier alpha value is -9.54. The normalized spacial score (nSPS) is 15.7. The van der Waals surface area contributed by atoms with Gasteiger partial charge >= 0.3 is 23.9 Å². The van der Waals surface area contributed by atoms with Crippen molar-refractivity contribution in [3.05, 3.63) is 259 Å². The monoisotopic (exact) mass is 1120 g/mol. The maximum atomic E-state index is 16.1. The highest BCUT2D eigenvalue weighted by Crippen LogP contribution is 2.68. The minimum Gasteiger partial charge on any atom is -0.459 e. The van der Waals surface area contributed by atoms with Crippen molar-refractivity contribution < 1.29 is 57.3 Å². The minimum absolute atomic E-state index is 0.0568. The Balaban J connectivity index is 1.08. The molecule has 15 heteroatoms. The summed E-state index contributed by atoms with van der Waals surface area (Å²) in [6.45, 7) is -1.23. The van der Waals surface area contributed by atoms with E-state index in [-0.39, 0.29) is 71.0 Å². The fourth-order valence-electron chi connectivity index (χ4n) is 11.1. The van der Waals surface area contributed by atoms with Gasteiger partial charge in [0, 0.05) is 54.3 Å². The summed E-state index contributed by atoms with van der Waals surface area (Å²) in [5.74, 6) is -7.17. The second-order valence-electron chi connectivity index (χ2n) is 19.6. The molecular weight excluding hydrogens is 1080 g/mol. The Bertz CT molecular complexity index is 3840. The van der Waals surface area contributed by atoms with Crippen molar-refractivity contribution in [2.45, 2.75) is 37.3 Å². The molecule has 3 heterocycles. The van der Waals surface area contributed by atoms with Crippen LogP contribution in [0.4, 0.5) is 0 Å². The van der Waals surface area contributed by atoms with Crippen LogP contribution < -0.4 is 0 Å². The van der Waals surface area contributed by atoms with Crippen molar-refractivity contribution in [3.8, 4) is 19.5 Å². The highest BCUT2D eigenvalue weighted by molar-refractivity contribution is 7.28. The number of carbonyl (C=O) groups excluding carboxylic acids is 8. The van der Waals surface area contributed by atoms with E-state index in [2.05, 4.69) is 0 Å². The SMILES string of the molecule is O=C1C(=O)c2ccccc2/C1=C/c1cc2c(s1)-c1sc3c(c1C2(C(=O)OCc1ccccc1)C(=O)OCc1ccccc1)C(C(=O)OCc1ccccc1)(C(=O)OCc1ccccc1)c1cc(/C=C2\C(=O)C(=O)c4ccccc42)sc1-3. The first-order valence-corrected chi connectivity index (χ1v) is 28.0. The Morgan fingerprint density at radius 2 is 0.630 bits per heavy atom. The number of allylic oxidation sites excluding steroid dienone is 2. The molecule has 0 saturated heterocycles. The van der Waals surface area contributed by atoms with Crippen molar-refractivity contribution in [1.82, 2.24) is 0 Å². The van der Waals surface area contributed by atoms with Crippen LogP contribution in [0.15, 0.2) is 182 Å². The van der Waals surface area contributed by atoms with Crippen molar-refractivity contribution >= 4 is 104 Å². The molecule has 0 aliphatic heterocycles. The number of hydrogen-bond donors (Lipinski definition) is 0. The number of Topliss-reactive ketones (excluding diaryl/α,β-unsaturated/α-hetero) is 4. The van der Waals surface area contributed by atoms with Crippen molar-refractivity contribution in [2.75, 3.05) is 0 Å². The summed E-state index contributed by atoms with van der Waals surface area (Å²) in [6.07, 6.45) is 3.11. The molecule has 81 heavy (non-hydrogen) atoms. The van der Waals surface area contributed by atoms with Gasteiger partial charge < -0.3 is 18.9 Å². The molecule has 0 amide bonds. The average Bonchev–Trinajstić information content (AvgIpc) is 2.33. The smallest absolute Gasteiger partial charge is 0.333 e. The number of ether oxygens (including phenoxy) is 4. The van der Waals surface area contributed by atoms with Crippen molar-refractivity contribution in [2.24, 2.45) is 0 Å². The summed E-state index contributed by atoms with van der Waals surface area (Å²) in [6, 6.07) is 51.9. The van der Waals surface area contributed by atoms with Crippen LogP contribution in [0.25, 0.3) is 42.8 Å². The highest BCUT2D eigenvalue weighted by atomic mass is 32.1. The van der Waals surface area contributed by atoms with E-state index in [0.717, 1.165) is 34.0 Å². The van der Waals surface area contributed by atoms with Crippen LogP contribution in [0.5, 0.6) is 0 Å². The molecule has 9 aromatic rings. The number of fused-ring (bicyclic) bond motifs is 9. The lowest BCUT2D eigenvalue weighted by atomic mass is 9.70. The molecule has 0 fully saturated rings. The number of carbonyl (C=O) groups is 8. The second-order valence-corrected chi connectivity index (χ2v) is 22.8. The summed E-state index contributed by atoms with van der Waals surface area (Å²) >= 11 is 3.39. The maximum Gasteiger partial charge on any atom is 0.333 e. The molecule has 4 aliphatic carbocycles. The molecule has 0 N–H and O–H groups in total. The molecule has 0 unspecified atom stereocenters. The number of rotatable bonds is 14. The first-order valence-electron chi connectivity index (χ1n) is 25.6. The third-order valence-electron chi connectivity index (χ3n) is 14.9. The first-order chi connectivity index (χ1) is 39.5. The van der Waals surface area contributed by atoms with Gasteiger partial charge in [-0.15, -0.1) is 34.0 Å². The molecule has 0 atom stereocenters. The molecule has 3 aromatic heterocycles. The minimum atomic E-state index is -2.59. The molecule has 12 nitrogen and oxygen atoms in total. The Morgan fingerprint density at radius 3 is 0.938 bits per heavy atom. The van der Waals surface area contributed by atoms with Crippen LogP contribution in [-0.2, 0) is 85.0 Å². The standard InChI is InChI=1S/C66H40O12S3/c67-53-45-27-15-13-25-43(45)47(55(53)69)29-41-31-49-57(79-41)59-51(65(49,61(71)75-33-37-17-5-1-6-18-37)62(72)76-34-38-19-7-2-8-20-38)52-60(81-59)58-50(32-42(80-58)30-48-44-26-14-16-28-46(44)54(68)56(48)70)66(52,63(73)77-35-39-21-9-3-10-22-39)64(74)78-36-40-23-11-4-12-24-40/h1-32H,33-36H2/b47-29-,48-30-. The van der Waals surface area contributed by atoms with Gasteiger partial charge in [0.15, 0.2) is 0 Å². The molecule has 13 rings (SSSR count). The van der Waals surface area contributed by atoms with Gasteiger partial charge in [0.05, 0.1) is 19.5 Å². The molecule has 0 bridgehead atoms. The third kappa shape index (κ3) is 8.22. The topological polar surface area (TPSA) is 173 Å². The lowest BCUT2D eigenvalue weighted by Crippen LogP contribution is -2.50. The second kappa shape index (κ2) is 20.3. The Morgan fingerprint density at radius 1 is 0.346 bits per heavy atom. The lowest BCUT2D eigenvalue weighted by Gasteiger charge is -2.32. The molecule has 4 aliphatic rings. The van der Waals surface area contributed by atoms with E-state index in [4.69, 9.17) is 18.9 Å². The van der Waals surface area contributed by atoms with E-state index in [1.165, 1.54) is 0 Å². The number of hydrogen-bond acceptors (Lipinski definition) is 15. The van der Waals surface area contributed by atoms with Gasteiger partial charge in [0.25, 0.3) is 0 Å². The van der Waals surface area contributed by atoms with Crippen LogP contribution >= 0.6 is 34.0 Å². The number of esters is 4. The van der Waals surface area contributed by atoms with Crippen LogP contribution in [0.3, 0.4) is 0 Å². The number of thiophene rings is 3. The predicted molar refractivity (Wildman–Crippen MR) is 305 cm³/mol. The zero-order valence-electron chi connectivity index (χ0n) is 42.4. The van der Waals surface area contributed by atoms with Crippen LogP contribution in [0.1, 0.15) is 86.1 Å². The van der Waals surface area contributed by atoms with Gasteiger partial charge in [-0.1, -0.05) is 170 Å². The van der Waals surface area contributed by atoms with E-state index < -0.39 is 57.8 Å². The van der Waals surface area contributed by atoms with E-state index in [9.17, 15) is 19.2 Å². The quantitative estimate of drug-likeness (QED) is 0.0332. The lowest BCUT2D eigenvalue weighted by molar-refractivity contribution is -0.167. The maximum absolute atomic E-state index is 16.1. The predicted octanol–water partition coefficient (Wildman–Crippen LogP) is 12.0. The average molecular weight is 1120 g/mol. The van der Waals surface area contributed by atoms with Gasteiger partial charge in [-0.2, -0.15) is 0 Å². The largest absolute Gasteiger partial charge is 0.459 e. The van der Waals surface area contributed by atoms with E-state index >= 15 is 19.2 Å². The first kappa shape index (κ1) is 50.9. The van der Waals surface area contributed by atoms with Crippen LogP contribution in [0.2, 0.25) is 0 Å². The van der Waals surface area contributed by atoms with Crippen LogP contribution in [0, 0.1) is 0 Å². The highest BCUT2D eigenvalue weighted by Gasteiger charge is 2.69. The third-order valence-corrected chi connectivity index (χ3v) is 18.5.